The van der Waals surface area contributed by atoms with Gasteiger partial charge in [0, 0.05) is 35.4 Å². The predicted molar refractivity (Wildman–Crippen MR) is 61.5 cm³/mol. The van der Waals surface area contributed by atoms with Gasteiger partial charge in [0.2, 0.25) is 0 Å². The Morgan fingerprint density at radius 1 is 1.29 bits per heavy atom. The van der Waals surface area contributed by atoms with Crippen molar-refractivity contribution < 1.29 is 9.50 Å². The van der Waals surface area contributed by atoms with Crippen LogP contribution in [0.25, 0.3) is 0 Å². The average molecular weight is 233 g/mol. The molecule has 2 rings (SSSR count). The zero-order valence-electron chi connectivity index (χ0n) is 9.26. The monoisotopic (exact) mass is 233 g/mol. The van der Waals surface area contributed by atoms with Crippen LogP contribution < -0.4 is 5.73 Å². The zero-order valence-corrected chi connectivity index (χ0v) is 9.26. The quantitative estimate of drug-likeness (QED) is 0.823. The van der Waals surface area contributed by atoms with Crippen LogP contribution in [0.4, 0.5) is 10.1 Å². The SMILES string of the molecule is CC(O)(c1cncc(F)c1)c1cnccc1N. The molecule has 88 valence electrons. The highest BCUT2D eigenvalue weighted by molar-refractivity contribution is 5.51. The maximum Gasteiger partial charge on any atom is 0.141 e. The Kier molecular flexibility index (Phi) is 2.77. The number of halogens is 1. The summed E-state index contributed by atoms with van der Waals surface area (Å²) in [4.78, 5) is 7.62. The first-order chi connectivity index (χ1) is 8.01. The number of nitrogens with zero attached hydrogens (tertiary/aromatic N) is 2. The summed E-state index contributed by atoms with van der Waals surface area (Å²) in [5.41, 5.74) is 5.50. The highest BCUT2D eigenvalue weighted by Gasteiger charge is 2.28. The van der Waals surface area contributed by atoms with E-state index in [0.29, 0.717) is 16.8 Å². The maximum absolute atomic E-state index is 13.1. The Bertz CT molecular complexity index is 543. The molecular formula is C12H12FN3O. The molecule has 1 unspecified atom stereocenters. The number of nitrogens with two attached hydrogens (primary N) is 1. The fourth-order valence-electron chi connectivity index (χ4n) is 1.65. The molecule has 0 aliphatic carbocycles. The third-order valence-corrected chi connectivity index (χ3v) is 2.65. The van der Waals surface area contributed by atoms with Crippen LogP contribution in [0.5, 0.6) is 0 Å². The fraction of sp³-hybridized carbons (Fsp3) is 0.167. The van der Waals surface area contributed by atoms with Crippen molar-refractivity contribution in [2.24, 2.45) is 0 Å². The van der Waals surface area contributed by atoms with Crippen LogP contribution in [0.1, 0.15) is 18.1 Å². The van der Waals surface area contributed by atoms with E-state index in [1.807, 2.05) is 0 Å². The molecule has 0 bridgehead atoms. The summed E-state index contributed by atoms with van der Waals surface area (Å²) in [6.07, 6.45) is 5.46. The van der Waals surface area contributed by atoms with Gasteiger partial charge >= 0.3 is 0 Å². The molecule has 17 heavy (non-hydrogen) atoms. The van der Waals surface area contributed by atoms with Gasteiger partial charge in [-0.1, -0.05) is 0 Å². The van der Waals surface area contributed by atoms with Gasteiger partial charge < -0.3 is 10.8 Å². The Morgan fingerprint density at radius 3 is 2.71 bits per heavy atom. The fourth-order valence-corrected chi connectivity index (χ4v) is 1.65. The normalized spacial score (nSPS) is 14.3. The average Bonchev–Trinajstić information content (AvgIpc) is 2.29. The minimum atomic E-state index is -1.42. The first kappa shape index (κ1) is 11.5. The van der Waals surface area contributed by atoms with E-state index in [4.69, 9.17) is 5.73 Å². The van der Waals surface area contributed by atoms with E-state index in [9.17, 15) is 9.50 Å². The van der Waals surface area contributed by atoms with Crippen molar-refractivity contribution >= 4 is 5.69 Å². The molecular weight excluding hydrogens is 221 g/mol. The van der Waals surface area contributed by atoms with E-state index < -0.39 is 11.4 Å². The molecule has 0 radical (unpaired) electrons. The molecule has 2 aromatic heterocycles. The van der Waals surface area contributed by atoms with Crippen molar-refractivity contribution in [3.8, 4) is 0 Å². The standard InChI is InChI=1S/C12H12FN3O/c1-12(17,8-4-9(13)6-16-5-8)10-7-15-3-2-11(10)14/h2-7,17H,1H3,(H2,14,15). The Balaban J connectivity index is 2.53. The molecule has 0 spiro atoms. The van der Waals surface area contributed by atoms with Crippen LogP contribution in [0.15, 0.2) is 36.9 Å². The molecule has 0 saturated carbocycles. The summed E-state index contributed by atoms with van der Waals surface area (Å²) >= 11 is 0. The van der Waals surface area contributed by atoms with E-state index in [-0.39, 0.29) is 0 Å². The minimum absolute atomic E-state index is 0.331. The number of hydrogen-bond donors (Lipinski definition) is 2. The number of hydrogen-bond acceptors (Lipinski definition) is 4. The molecule has 1 atom stereocenters. The topological polar surface area (TPSA) is 72.0 Å². The van der Waals surface area contributed by atoms with Crippen molar-refractivity contribution in [1.29, 1.82) is 0 Å². The number of nitrogen functional groups attached to an aromatic ring is 1. The number of aliphatic hydroxyl groups is 1. The number of rotatable bonds is 2. The Morgan fingerprint density at radius 2 is 2.06 bits per heavy atom. The van der Waals surface area contributed by atoms with Crippen LogP contribution in [0.3, 0.4) is 0 Å². The van der Waals surface area contributed by atoms with Crippen molar-refractivity contribution in [3.05, 3.63) is 53.9 Å². The van der Waals surface area contributed by atoms with Crippen molar-refractivity contribution in [2.45, 2.75) is 12.5 Å². The molecule has 0 saturated heterocycles. The van der Waals surface area contributed by atoms with Crippen LogP contribution in [0, 0.1) is 5.82 Å². The molecule has 0 aromatic carbocycles. The molecule has 4 nitrogen and oxygen atoms in total. The summed E-state index contributed by atoms with van der Waals surface area (Å²) in [5, 5.41) is 10.4. The van der Waals surface area contributed by atoms with E-state index in [2.05, 4.69) is 9.97 Å². The molecule has 2 aromatic rings. The van der Waals surface area contributed by atoms with Gasteiger partial charge in [0.15, 0.2) is 0 Å². The second-order valence-corrected chi connectivity index (χ2v) is 3.93. The van der Waals surface area contributed by atoms with Gasteiger partial charge in [-0.2, -0.15) is 0 Å². The Hall–Kier alpha value is -2.01. The lowest BCUT2D eigenvalue weighted by atomic mass is 9.89. The van der Waals surface area contributed by atoms with E-state index in [1.165, 1.54) is 31.6 Å². The summed E-state index contributed by atoms with van der Waals surface area (Å²) in [7, 11) is 0. The summed E-state index contributed by atoms with van der Waals surface area (Å²) in [5.74, 6) is -0.509. The van der Waals surface area contributed by atoms with Gasteiger partial charge in [0.1, 0.15) is 11.4 Å². The minimum Gasteiger partial charge on any atom is -0.398 e. The van der Waals surface area contributed by atoms with Crippen molar-refractivity contribution in [1.82, 2.24) is 9.97 Å². The molecule has 0 amide bonds. The van der Waals surface area contributed by atoms with Gasteiger partial charge in [-0.15, -0.1) is 0 Å². The largest absolute Gasteiger partial charge is 0.398 e. The van der Waals surface area contributed by atoms with Crippen LogP contribution in [-0.4, -0.2) is 15.1 Å². The number of pyridine rings is 2. The van der Waals surface area contributed by atoms with Gasteiger partial charge in [0.05, 0.1) is 6.20 Å². The van der Waals surface area contributed by atoms with Gasteiger partial charge in [-0.3, -0.25) is 9.97 Å². The van der Waals surface area contributed by atoms with Crippen LogP contribution in [-0.2, 0) is 5.60 Å². The lowest BCUT2D eigenvalue weighted by molar-refractivity contribution is 0.102. The third-order valence-electron chi connectivity index (χ3n) is 2.65. The van der Waals surface area contributed by atoms with Gasteiger partial charge in [-0.25, -0.2) is 4.39 Å². The van der Waals surface area contributed by atoms with Crippen molar-refractivity contribution in [3.63, 3.8) is 0 Å². The van der Waals surface area contributed by atoms with Crippen LogP contribution in [0.2, 0.25) is 0 Å². The third kappa shape index (κ3) is 2.09. The van der Waals surface area contributed by atoms with Gasteiger partial charge in [-0.05, 0) is 19.1 Å². The van der Waals surface area contributed by atoms with E-state index in [1.54, 1.807) is 6.07 Å². The maximum atomic E-state index is 13.1. The second kappa shape index (κ2) is 4.10. The molecule has 5 heteroatoms. The first-order valence-electron chi connectivity index (χ1n) is 5.05. The van der Waals surface area contributed by atoms with E-state index >= 15 is 0 Å². The highest BCUT2D eigenvalue weighted by atomic mass is 19.1. The molecule has 2 heterocycles. The summed E-state index contributed by atoms with van der Waals surface area (Å²) in [6.45, 7) is 1.52. The lowest BCUT2D eigenvalue weighted by Crippen LogP contribution is -2.24. The summed E-state index contributed by atoms with van der Waals surface area (Å²) in [6, 6.07) is 2.80. The first-order valence-corrected chi connectivity index (χ1v) is 5.05. The zero-order chi connectivity index (χ0) is 12.5. The predicted octanol–water partition coefficient (Wildman–Crippen LogP) is 1.45. The lowest BCUT2D eigenvalue weighted by Gasteiger charge is -2.24. The smallest absolute Gasteiger partial charge is 0.141 e. The number of aromatic nitrogens is 2. The van der Waals surface area contributed by atoms with Gasteiger partial charge in [0.25, 0.3) is 0 Å². The molecule has 0 aliphatic rings. The van der Waals surface area contributed by atoms with Crippen LogP contribution >= 0.6 is 0 Å². The number of anilines is 1. The molecule has 0 fully saturated rings. The Labute approximate surface area is 98.0 Å². The highest BCUT2D eigenvalue weighted by Crippen LogP contribution is 2.31. The summed E-state index contributed by atoms with van der Waals surface area (Å²) < 4.78 is 13.1. The van der Waals surface area contributed by atoms with Crippen molar-refractivity contribution in [2.75, 3.05) is 5.73 Å². The molecule has 0 aliphatic heterocycles. The molecule has 3 N–H and O–H groups in total. The van der Waals surface area contributed by atoms with E-state index in [0.717, 1.165) is 6.20 Å². The second-order valence-electron chi connectivity index (χ2n) is 3.93.